The van der Waals surface area contributed by atoms with Crippen molar-refractivity contribution in [2.45, 2.75) is 37.5 Å². The first-order valence-corrected chi connectivity index (χ1v) is 12.4. The van der Waals surface area contributed by atoms with Crippen molar-refractivity contribution in [3.05, 3.63) is 54.0 Å². The molecule has 2 aliphatic heterocycles. The number of benzene rings is 1. The molecule has 2 N–H and O–H groups in total. The molecule has 0 spiro atoms. The Bertz CT molecular complexity index is 997. The van der Waals surface area contributed by atoms with E-state index < -0.39 is 15.3 Å². The number of hydrogen-bond acceptors (Lipinski definition) is 5. The second-order valence-corrected chi connectivity index (χ2v) is 9.85. The largest absolute Gasteiger partial charge is 0.493 e. The molecule has 2 aromatic rings. The SMILES string of the molecule is CCNS(=O)(=O)C1CCN(C(=NCCc2ccco2)NC2CCOc3ccccc32)C1.I. The van der Waals surface area contributed by atoms with Gasteiger partial charge >= 0.3 is 0 Å². The predicted molar refractivity (Wildman–Crippen MR) is 135 cm³/mol. The first-order chi connectivity index (χ1) is 15.1. The number of likely N-dealkylation sites (tertiary alicyclic amines) is 1. The maximum Gasteiger partial charge on any atom is 0.216 e. The lowest BCUT2D eigenvalue weighted by atomic mass is 10.0. The Morgan fingerprint density at radius 1 is 1.22 bits per heavy atom. The molecule has 10 heteroatoms. The van der Waals surface area contributed by atoms with Gasteiger partial charge in [0.2, 0.25) is 10.0 Å². The van der Waals surface area contributed by atoms with Crippen LogP contribution in [0.5, 0.6) is 5.75 Å². The molecule has 0 saturated carbocycles. The van der Waals surface area contributed by atoms with Crippen LogP contribution in [0.25, 0.3) is 0 Å². The summed E-state index contributed by atoms with van der Waals surface area (Å²) in [5.74, 6) is 2.51. The van der Waals surface area contributed by atoms with Crippen molar-refractivity contribution in [2.24, 2.45) is 4.99 Å². The summed E-state index contributed by atoms with van der Waals surface area (Å²) in [6, 6.07) is 11.9. The molecule has 32 heavy (non-hydrogen) atoms. The minimum atomic E-state index is -3.32. The van der Waals surface area contributed by atoms with Gasteiger partial charge in [0.25, 0.3) is 0 Å². The second-order valence-electron chi connectivity index (χ2n) is 7.81. The molecule has 0 aliphatic carbocycles. The van der Waals surface area contributed by atoms with Crippen LogP contribution in [0, 0.1) is 0 Å². The molecular weight excluding hydrogens is 543 g/mol. The highest BCUT2D eigenvalue weighted by Gasteiger charge is 2.35. The molecule has 3 heterocycles. The van der Waals surface area contributed by atoms with Gasteiger partial charge < -0.3 is 19.4 Å². The Morgan fingerprint density at radius 2 is 2.06 bits per heavy atom. The topological polar surface area (TPSA) is 96.2 Å². The molecule has 1 aromatic heterocycles. The summed E-state index contributed by atoms with van der Waals surface area (Å²) in [5.41, 5.74) is 1.10. The van der Waals surface area contributed by atoms with E-state index in [4.69, 9.17) is 14.1 Å². The quantitative estimate of drug-likeness (QED) is 0.300. The van der Waals surface area contributed by atoms with E-state index in [9.17, 15) is 8.42 Å². The van der Waals surface area contributed by atoms with E-state index in [1.54, 1.807) is 13.2 Å². The minimum Gasteiger partial charge on any atom is -0.493 e. The van der Waals surface area contributed by atoms with Crippen LogP contribution in [0.15, 0.2) is 52.1 Å². The summed E-state index contributed by atoms with van der Waals surface area (Å²) in [4.78, 5) is 6.88. The van der Waals surface area contributed by atoms with E-state index >= 15 is 0 Å². The second kappa shape index (κ2) is 11.4. The number of aliphatic imine (C=N–C) groups is 1. The van der Waals surface area contributed by atoms with E-state index in [1.807, 2.05) is 30.3 Å². The third-order valence-corrected chi connectivity index (χ3v) is 7.64. The highest BCUT2D eigenvalue weighted by Crippen LogP contribution is 2.32. The van der Waals surface area contributed by atoms with E-state index in [2.05, 4.69) is 21.0 Å². The van der Waals surface area contributed by atoms with Crippen molar-refractivity contribution in [2.75, 3.05) is 32.8 Å². The number of guanidine groups is 1. The molecule has 1 aromatic carbocycles. The van der Waals surface area contributed by atoms with Crippen molar-refractivity contribution in [1.82, 2.24) is 14.9 Å². The number of sulfonamides is 1. The maximum atomic E-state index is 12.5. The molecule has 1 saturated heterocycles. The van der Waals surface area contributed by atoms with Crippen molar-refractivity contribution >= 4 is 40.0 Å². The summed E-state index contributed by atoms with van der Waals surface area (Å²) >= 11 is 0. The van der Waals surface area contributed by atoms with Gasteiger partial charge in [-0.3, -0.25) is 4.99 Å². The summed E-state index contributed by atoms with van der Waals surface area (Å²) in [6.45, 7) is 4.46. The molecule has 1 fully saturated rings. The highest BCUT2D eigenvalue weighted by atomic mass is 127. The third-order valence-electron chi connectivity index (χ3n) is 5.69. The average Bonchev–Trinajstić information content (AvgIpc) is 3.46. The summed E-state index contributed by atoms with van der Waals surface area (Å²) in [6.07, 6.45) is 3.75. The van der Waals surface area contributed by atoms with Crippen LogP contribution >= 0.6 is 24.0 Å². The third kappa shape index (κ3) is 5.96. The molecule has 0 bridgehead atoms. The average molecular weight is 574 g/mol. The Morgan fingerprint density at radius 3 is 2.84 bits per heavy atom. The van der Waals surface area contributed by atoms with Crippen LogP contribution in [0.1, 0.15) is 37.1 Å². The van der Waals surface area contributed by atoms with Crippen LogP contribution in [0.2, 0.25) is 0 Å². The lowest BCUT2D eigenvalue weighted by molar-refractivity contribution is 0.259. The number of para-hydroxylation sites is 1. The van der Waals surface area contributed by atoms with Gasteiger partial charge in [0.15, 0.2) is 5.96 Å². The van der Waals surface area contributed by atoms with Gasteiger partial charge in [-0.1, -0.05) is 25.1 Å². The minimum absolute atomic E-state index is 0. The fourth-order valence-corrected chi connectivity index (χ4v) is 5.53. The molecule has 176 valence electrons. The fourth-order valence-electron chi connectivity index (χ4n) is 4.10. The fraction of sp³-hybridized carbons (Fsp3) is 0.500. The zero-order valence-corrected chi connectivity index (χ0v) is 21.3. The Hall–Kier alpha value is -1.79. The zero-order valence-electron chi connectivity index (χ0n) is 18.2. The summed E-state index contributed by atoms with van der Waals surface area (Å²) < 4.78 is 38.8. The molecule has 2 atom stereocenters. The van der Waals surface area contributed by atoms with Crippen LogP contribution < -0.4 is 14.8 Å². The summed E-state index contributed by atoms with van der Waals surface area (Å²) in [7, 11) is -3.32. The number of hydrogen-bond donors (Lipinski definition) is 2. The van der Waals surface area contributed by atoms with Gasteiger partial charge in [-0.15, -0.1) is 24.0 Å². The Labute approximate surface area is 206 Å². The van der Waals surface area contributed by atoms with Gasteiger partial charge in [-0.05, 0) is 24.6 Å². The van der Waals surface area contributed by atoms with Gasteiger partial charge in [0.05, 0.1) is 24.2 Å². The van der Waals surface area contributed by atoms with E-state index in [0.29, 0.717) is 45.6 Å². The van der Waals surface area contributed by atoms with Gasteiger partial charge in [0, 0.05) is 44.6 Å². The number of ether oxygens (including phenoxy) is 1. The van der Waals surface area contributed by atoms with Gasteiger partial charge in [0.1, 0.15) is 11.5 Å². The summed E-state index contributed by atoms with van der Waals surface area (Å²) in [5, 5.41) is 3.15. The van der Waals surface area contributed by atoms with Crippen LogP contribution in [0.4, 0.5) is 0 Å². The zero-order chi connectivity index (χ0) is 21.7. The highest BCUT2D eigenvalue weighted by molar-refractivity contribution is 14.0. The standard InChI is InChI=1S/C22H30N4O4S.HI/c1-2-24-31(27,28)18-10-13-26(16-18)22(23-12-9-17-6-5-14-29-17)25-20-11-15-30-21-8-4-3-7-19(20)21;/h3-8,14,18,20,24H,2,9-13,15-16H2,1H3,(H,23,25);1H. The molecule has 4 rings (SSSR count). The van der Waals surface area contributed by atoms with Crippen molar-refractivity contribution in [3.63, 3.8) is 0 Å². The maximum absolute atomic E-state index is 12.5. The van der Waals surface area contributed by atoms with Crippen molar-refractivity contribution < 1.29 is 17.6 Å². The number of nitrogens with zero attached hydrogens (tertiary/aromatic N) is 2. The van der Waals surface area contributed by atoms with E-state index in [-0.39, 0.29) is 30.0 Å². The first kappa shape index (κ1) is 24.8. The number of fused-ring (bicyclic) bond motifs is 1. The number of halogens is 1. The molecule has 2 unspecified atom stereocenters. The van der Waals surface area contributed by atoms with Crippen LogP contribution in [0.3, 0.4) is 0 Å². The smallest absolute Gasteiger partial charge is 0.216 e. The molecule has 0 amide bonds. The first-order valence-electron chi connectivity index (χ1n) is 10.9. The lowest BCUT2D eigenvalue weighted by Gasteiger charge is -2.31. The lowest BCUT2D eigenvalue weighted by Crippen LogP contribution is -2.44. The number of nitrogens with one attached hydrogen (secondary N) is 2. The molecular formula is C22H31IN4O4S. The van der Waals surface area contributed by atoms with Gasteiger partial charge in [-0.2, -0.15) is 0 Å². The van der Waals surface area contributed by atoms with E-state index in [1.165, 1.54) is 0 Å². The van der Waals surface area contributed by atoms with E-state index in [0.717, 1.165) is 29.5 Å². The Balaban J connectivity index is 0.00000289. The normalized spacial score (nSPS) is 20.9. The molecule has 2 aliphatic rings. The Kier molecular flexibility index (Phi) is 8.83. The predicted octanol–water partition coefficient (Wildman–Crippen LogP) is 2.92. The van der Waals surface area contributed by atoms with Crippen molar-refractivity contribution in [1.29, 1.82) is 0 Å². The molecule has 0 radical (unpaired) electrons. The van der Waals surface area contributed by atoms with Crippen LogP contribution in [-0.4, -0.2) is 57.3 Å². The van der Waals surface area contributed by atoms with Gasteiger partial charge in [-0.25, -0.2) is 13.1 Å². The monoisotopic (exact) mass is 574 g/mol. The number of rotatable bonds is 7. The molecule has 8 nitrogen and oxygen atoms in total. The number of furan rings is 1. The van der Waals surface area contributed by atoms with Crippen LogP contribution in [-0.2, 0) is 16.4 Å². The van der Waals surface area contributed by atoms with Crippen molar-refractivity contribution in [3.8, 4) is 5.75 Å².